The van der Waals surface area contributed by atoms with E-state index in [9.17, 15) is 0 Å². The molecule has 0 N–H and O–H groups in total. The highest BCUT2D eigenvalue weighted by Gasteiger charge is 2.23. The molecule has 0 spiro atoms. The van der Waals surface area contributed by atoms with Gasteiger partial charge in [0.25, 0.3) is 0 Å². The molecule has 0 bridgehead atoms. The molecule has 0 fully saturated rings. The number of allylic oxidation sites excluding steroid dienone is 2. The van der Waals surface area contributed by atoms with Gasteiger partial charge in [0.1, 0.15) is 0 Å². The number of benzene rings is 5. The maximum atomic E-state index is 3.50. The number of hydrogen-bond acceptors (Lipinski definition) is 0. The van der Waals surface area contributed by atoms with Crippen LogP contribution in [0.2, 0.25) is 0 Å². The lowest BCUT2D eigenvalue weighted by Gasteiger charge is -2.20. The van der Waals surface area contributed by atoms with Crippen molar-refractivity contribution in [2.24, 2.45) is 5.41 Å². The molecule has 272 valence electrons. The Morgan fingerprint density at radius 3 is 1.69 bits per heavy atom. The topological polar surface area (TPSA) is 9.86 Å². The van der Waals surface area contributed by atoms with Crippen LogP contribution < -0.4 is 0 Å². The lowest BCUT2D eigenvalue weighted by molar-refractivity contribution is 0.521. The zero-order valence-corrected chi connectivity index (χ0v) is 33.5. The van der Waals surface area contributed by atoms with Crippen molar-refractivity contribution in [2.45, 2.75) is 67.7 Å². The fourth-order valence-corrected chi connectivity index (χ4v) is 6.82. The average molecular weight is 707 g/mol. The summed E-state index contributed by atoms with van der Waals surface area (Å²) in [6, 6.07) is 49.9. The summed E-state index contributed by atoms with van der Waals surface area (Å²) in [6.45, 7) is 19.8. The molecular formula is C52H54N2. The van der Waals surface area contributed by atoms with Crippen molar-refractivity contribution in [1.29, 1.82) is 0 Å². The van der Waals surface area contributed by atoms with E-state index in [1.54, 1.807) is 0 Å². The third kappa shape index (κ3) is 8.21. The van der Waals surface area contributed by atoms with Crippen LogP contribution >= 0.6 is 0 Å². The van der Waals surface area contributed by atoms with Crippen LogP contribution in [0, 0.1) is 12.3 Å². The fourth-order valence-electron chi connectivity index (χ4n) is 6.82. The molecule has 2 heteroatoms. The molecule has 2 heterocycles. The molecule has 2 aromatic heterocycles. The van der Waals surface area contributed by atoms with Crippen molar-refractivity contribution >= 4 is 23.1 Å². The third-order valence-corrected chi connectivity index (χ3v) is 9.90. The summed E-state index contributed by atoms with van der Waals surface area (Å²) < 4.78 is 4.64. The van der Waals surface area contributed by atoms with Gasteiger partial charge in [0.2, 0.25) is 0 Å². The Bertz CT molecular complexity index is 2410. The van der Waals surface area contributed by atoms with E-state index in [1.807, 2.05) is 32.0 Å². The second-order valence-corrected chi connectivity index (χ2v) is 15.8. The van der Waals surface area contributed by atoms with Crippen LogP contribution in [-0.2, 0) is 5.41 Å². The lowest BCUT2D eigenvalue weighted by Crippen LogP contribution is -2.10. The lowest BCUT2D eigenvalue weighted by atomic mass is 9.84. The van der Waals surface area contributed by atoms with Crippen molar-refractivity contribution < 1.29 is 0 Å². The first-order chi connectivity index (χ1) is 26.0. The molecule has 1 aliphatic rings. The van der Waals surface area contributed by atoms with Crippen LogP contribution in [0.5, 0.6) is 0 Å². The van der Waals surface area contributed by atoms with E-state index in [4.69, 9.17) is 0 Å². The largest absolute Gasteiger partial charge is 0.317 e. The van der Waals surface area contributed by atoms with Gasteiger partial charge in [-0.15, -0.1) is 5.73 Å². The molecule has 5 aromatic carbocycles. The molecule has 0 radical (unpaired) electrons. The van der Waals surface area contributed by atoms with E-state index < -0.39 is 0 Å². The van der Waals surface area contributed by atoms with Crippen molar-refractivity contribution in [3.8, 4) is 33.8 Å². The Labute approximate surface area is 323 Å². The standard InChI is InChI=1S/C43H40N2.C7H8.C2H6/c1-42(2,3)33-14-10-15-40-37(28-33)38-29-34(43(4,5)6)21-26-41(38)45(40)36-24-19-31(20-25-36)30-17-22-35(23-18-30)44-27-11-16-39(44)32-12-8-7-9-13-32;1-7-5-3-2-4-6-7;1-2/h7-9,11-29H,1-6H3;2-6H,1H3;1-2H3. The van der Waals surface area contributed by atoms with Crippen molar-refractivity contribution in [3.63, 3.8) is 0 Å². The van der Waals surface area contributed by atoms with Gasteiger partial charge in [-0.25, -0.2) is 0 Å². The van der Waals surface area contributed by atoms with Crippen LogP contribution in [-0.4, -0.2) is 9.13 Å². The van der Waals surface area contributed by atoms with Crippen LogP contribution in [0.25, 0.3) is 56.8 Å². The summed E-state index contributed by atoms with van der Waals surface area (Å²) >= 11 is 0. The number of fused-ring (bicyclic) bond motifs is 3. The van der Waals surface area contributed by atoms with Gasteiger partial charge in [0, 0.05) is 34.6 Å². The zero-order chi connectivity index (χ0) is 38.5. The Morgan fingerprint density at radius 2 is 1.13 bits per heavy atom. The molecule has 2 nitrogen and oxygen atoms in total. The first-order valence-electron chi connectivity index (χ1n) is 19.3. The second kappa shape index (κ2) is 16.0. The van der Waals surface area contributed by atoms with E-state index >= 15 is 0 Å². The number of nitrogens with zero attached hydrogens (tertiary/aromatic N) is 2. The van der Waals surface area contributed by atoms with Gasteiger partial charge in [0.05, 0.1) is 16.9 Å². The van der Waals surface area contributed by atoms with E-state index in [2.05, 4.69) is 209 Å². The summed E-state index contributed by atoms with van der Waals surface area (Å²) in [5, 5.41) is 1.28. The van der Waals surface area contributed by atoms with Gasteiger partial charge in [-0.1, -0.05) is 152 Å². The molecule has 0 saturated heterocycles. The minimum atomic E-state index is 0.0279. The number of rotatable bonds is 4. The van der Waals surface area contributed by atoms with Gasteiger partial charge >= 0.3 is 0 Å². The molecule has 0 unspecified atom stereocenters. The highest BCUT2D eigenvalue weighted by Crippen LogP contribution is 2.39. The summed E-state index contributed by atoms with van der Waals surface area (Å²) in [6.07, 6.45) is 8.80. The minimum absolute atomic E-state index is 0.0279. The summed E-state index contributed by atoms with van der Waals surface area (Å²) in [4.78, 5) is 0. The molecule has 54 heavy (non-hydrogen) atoms. The van der Waals surface area contributed by atoms with Gasteiger partial charge in [0.15, 0.2) is 0 Å². The molecule has 0 atom stereocenters. The Hall–Kier alpha value is -5.82. The highest BCUT2D eigenvalue weighted by molar-refractivity contribution is 5.97. The molecule has 0 saturated carbocycles. The van der Waals surface area contributed by atoms with Gasteiger partial charge in [-0.2, -0.15) is 0 Å². The SMILES string of the molecule is CC.CC(C)(C)C1=Cc2c(n(-c3ccc(-c4ccc(-n5cccc5-c5ccccc5)cc4)cc3)c3ccc(C(C)(C)C)cc23)C=C=C1.Cc1ccccc1. The van der Waals surface area contributed by atoms with E-state index in [1.165, 1.54) is 61.2 Å². The van der Waals surface area contributed by atoms with Crippen LogP contribution in [0.1, 0.15) is 77.8 Å². The molecule has 0 amide bonds. The average Bonchev–Trinajstić information content (AvgIpc) is 3.71. The van der Waals surface area contributed by atoms with E-state index in [0.29, 0.717) is 0 Å². The predicted octanol–water partition coefficient (Wildman–Crippen LogP) is 14.7. The van der Waals surface area contributed by atoms with Crippen molar-refractivity contribution in [3.05, 3.63) is 185 Å². The molecule has 0 aliphatic heterocycles. The number of aryl methyl sites for hydroxylation is 1. The second-order valence-electron chi connectivity index (χ2n) is 15.8. The van der Waals surface area contributed by atoms with Gasteiger partial charge in [-0.05, 0) is 106 Å². The zero-order valence-electron chi connectivity index (χ0n) is 33.5. The maximum absolute atomic E-state index is 3.50. The summed E-state index contributed by atoms with van der Waals surface area (Å²) in [7, 11) is 0. The van der Waals surface area contributed by atoms with Gasteiger partial charge < -0.3 is 9.13 Å². The van der Waals surface area contributed by atoms with Gasteiger partial charge in [-0.3, -0.25) is 0 Å². The first-order valence-corrected chi connectivity index (χ1v) is 19.3. The maximum Gasteiger partial charge on any atom is 0.0618 e. The Balaban J connectivity index is 0.000000492. The molecule has 7 aromatic rings. The Kier molecular flexibility index (Phi) is 11.3. The summed E-state index contributed by atoms with van der Waals surface area (Å²) in [5.41, 5.74) is 18.3. The smallest absolute Gasteiger partial charge is 0.0618 e. The van der Waals surface area contributed by atoms with Crippen LogP contribution in [0.4, 0.5) is 0 Å². The number of hydrogen-bond donors (Lipinski definition) is 0. The summed E-state index contributed by atoms with van der Waals surface area (Å²) in [5.74, 6) is 0. The first kappa shape index (κ1) is 37.9. The highest BCUT2D eigenvalue weighted by atomic mass is 15.0. The minimum Gasteiger partial charge on any atom is -0.317 e. The normalized spacial score (nSPS) is 12.2. The molecule has 8 rings (SSSR count). The quantitative estimate of drug-likeness (QED) is 0.161. The monoisotopic (exact) mass is 706 g/mol. The van der Waals surface area contributed by atoms with Crippen molar-refractivity contribution in [2.75, 3.05) is 0 Å². The predicted molar refractivity (Wildman–Crippen MR) is 235 cm³/mol. The van der Waals surface area contributed by atoms with Crippen LogP contribution in [0.15, 0.2) is 163 Å². The van der Waals surface area contributed by atoms with Crippen LogP contribution in [0.3, 0.4) is 0 Å². The van der Waals surface area contributed by atoms with Crippen molar-refractivity contribution in [1.82, 2.24) is 9.13 Å². The van der Waals surface area contributed by atoms with E-state index in [0.717, 1.165) is 11.4 Å². The molecule has 1 aliphatic carbocycles. The third-order valence-electron chi connectivity index (χ3n) is 9.90. The number of aromatic nitrogens is 2. The fraction of sp³-hybridized carbons (Fsp3) is 0.212. The Morgan fingerprint density at radius 1 is 0.537 bits per heavy atom. The molecular weight excluding hydrogens is 653 g/mol. The van der Waals surface area contributed by atoms with E-state index in [-0.39, 0.29) is 10.8 Å².